The fourth-order valence-corrected chi connectivity index (χ4v) is 2.89. The Morgan fingerprint density at radius 3 is 2.78 bits per heavy atom. The Balaban J connectivity index is 1.87. The second-order valence-corrected chi connectivity index (χ2v) is 5.87. The average Bonchev–Trinajstić information content (AvgIpc) is 2.85. The summed E-state index contributed by atoms with van der Waals surface area (Å²) >= 11 is 1.75. The summed E-state index contributed by atoms with van der Waals surface area (Å²) < 4.78 is 1.95. The van der Waals surface area contributed by atoms with E-state index in [0.29, 0.717) is 0 Å². The standard InChI is InChI=1S/C12H19N5S/c1-8(12-9(2)18-10(3)15-12)13-6-5-11-16-14-7-17(11)4/h7-8,13H,5-6H2,1-4H3. The molecule has 0 aromatic carbocycles. The van der Waals surface area contributed by atoms with Gasteiger partial charge in [0, 0.05) is 30.9 Å². The van der Waals surface area contributed by atoms with Crippen LogP contribution in [0.25, 0.3) is 0 Å². The molecule has 0 fully saturated rings. The molecule has 1 atom stereocenters. The van der Waals surface area contributed by atoms with E-state index in [0.717, 1.165) is 29.5 Å². The van der Waals surface area contributed by atoms with Crippen LogP contribution >= 0.6 is 11.3 Å². The molecule has 18 heavy (non-hydrogen) atoms. The molecule has 2 rings (SSSR count). The van der Waals surface area contributed by atoms with Gasteiger partial charge in [0.2, 0.25) is 0 Å². The van der Waals surface area contributed by atoms with Gasteiger partial charge in [-0.2, -0.15) is 0 Å². The van der Waals surface area contributed by atoms with Crippen molar-refractivity contribution in [3.8, 4) is 0 Å². The first-order valence-corrected chi connectivity index (χ1v) is 6.89. The second kappa shape index (κ2) is 5.58. The highest BCUT2D eigenvalue weighted by Gasteiger charge is 2.12. The van der Waals surface area contributed by atoms with Crippen molar-refractivity contribution < 1.29 is 0 Å². The van der Waals surface area contributed by atoms with Crippen LogP contribution in [0.1, 0.15) is 34.4 Å². The molecule has 98 valence electrons. The van der Waals surface area contributed by atoms with E-state index in [-0.39, 0.29) is 6.04 Å². The van der Waals surface area contributed by atoms with Crippen molar-refractivity contribution in [3.05, 3.63) is 27.7 Å². The fraction of sp³-hybridized carbons (Fsp3) is 0.583. The van der Waals surface area contributed by atoms with Gasteiger partial charge in [-0.1, -0.05) is 0 Å². The van der Waals surface area contributed by atoms with Gasteiger partial charge in [0.05, 0.1) is 10.7 Å². The van der Waals surface area contributed by atoms with Gasteiger partial charge in [-0.25, -0.2) is 4.98 Å². The van der Waals surface area contributed by atoms with E-state index in [4.69, 9.17) is 0 Å². The SMILES string of the molecule is Cc1nc(C(C)NCCc2nncn2C)c(C)s1. The number of aromatic nitrogens is 4. The Morgan fingerprint density at radius 1 is 1.44 bits per heavy atom. The Kier molecular flexibility index (Phi) is 4.08. The summed E-state index contributed by atoms with van der Waals surface area (Å²) in [5.41, 5.74) is 1.16. The Labute approximate surface area is 111 Å². The van der Waals surface area contributed by atoms with Gasteiger partial charge in [0.25, 0.3) is 0 Å². The van der Waals surface area contributed by atoms with Gasteiger partial charge in [-0.3, -0.25) is 0 Å². The normalized spacial score (nSPS) is 12.9. The van der Waals surface area contributed by atoms with E-state index in [2.05, 4.69) is 34.3 Å². The summed E-state index contributed by atoms with van der Waals surface area (Å²) in [6.07, 6.45) is 2.61. The zero-order valence-electron chi connectivity index (χ0n) is 11.3. The number of nitrogens with one attached hydrogen (secondary N) is 1. The molecule has 1 N–H and O–H groups in total. The van der Waals surface area contributed by atoms with Crippen molar-refractivity contribution >= 4 is 11.3 Å². The van der Waals surface area contributed by atoms with Gasteiger partial charge < -0.3 is 9.88 Å². The molecule has 2 aromatic rings. The summed E-state index contributed by atoms with van der Waals surface area (Å²) in [4.78, 5) is 5.86. The molecule has 0 spiro atoms. The van der Waals surface area contributed by atoms with E-state index >= 15 is 0 Å². The maximum Gasteiger partial charge on any atom is 0.133 e. The Hall–Kier alpha value is -1.27. The molecule has 0 aliphatic carbocycles. The summed E-state index contributed by atoms with van der Waals surface area (Å²) in [6.45, 7) is 7.20. The largest absolute Gasteiger partial charge is 0.321 e. The molecule has 0 saturated carbocycles. The van der Waals surface area contributed by atoms with Gasteiger partial charge >= 0.3 is 0 Å². The highest BCUT2D eigenvalue weighted by molar-refractivity contribution is 7.11. The topological polar surface area (TPSA) is 55.6 Å². The first-order valence-electron chi connectivity index (χ1n) is 6.08. The molecule has 6 heteroatoms. The van der Waals surface area contributed by atoms with Crippen molar-refractivity contribution in [3.63, 3.8) is 0 Å². The second-order valence-electron chi connectivity index (χ2n) is 4.46. The molecular formula is C12H19N5S. The van der Waals surface area contributed by atoms with Gasteiger partial charge in [0.1, 0.15) is 12.2 Å². The summed E-state index contributed by atoms with van der Waals surface area (Å²) in [5.74, 6) is 1.00. The van der Waals surface area contributed by atoms with Crippen molar-refractivity contribution in [2.45, 2.75) is 33.2 Å². The van der Waals surface area contributed by atoms with E-state index < -0.39 is 0 Å². The third kappa shape index (κ3) is 2.94. The van der Waals surface area contributed by atoms with Crippen LogP contribution in [-0.4, -0.2) is 26.3 Å². The predicted molar refractivity (Wildman–Crippen MR) is 72.7 cm³/mol. The first-order chi connectivity index (χ1) is 8.58. The fourth-order valence-electron chi connectivity index (χ4n) is 1.98. The molecule has 1 unspecified atom stereocenters. The van der Waals surface area contributed by atoms with E-state index in [1.165, 1.54) is 4.88 Å². The van der Waals surface area contributed by atoms with Crippen LogP contribution in [0.15, 0.2) is 6.33 Å². The quantitative estimate of drug-likeness (QED) is 0.895. The van der Waals surface area contributed by atoms with Crippen LogP contribution in [0.2, 0.25) is 0 Å². The van der Waals surface area contributed by atoms with E-state index in [9.17, 15) is 0 Å². The summed E-state index contributed by atoms with van der Waals surface area (Å²) in [7, 11) is 1.96. The number of aryl methyl sites for hydroxylation is 3. The lowest BCUT2D eigenvalue weighted by Crippen LogP contribution is -2.23. The average molecular weight is 265 g/mol. The molecular weight excluding hydrogens is 246 g/mol. The molecule has 0 aliphatic rings. The minimum Gasteiger partial charge on any atom is -0.321 e. The predicted octanol–water partition coefficient (Wildman–Crippen LogP) is 1.78. The van der Waals surface area contributed by atoms with Crippen molar-refractivity contribution in [2.75, 3.05) is 6.54 Å². The molecule has 2 aromatic heterocycles. The maximum atomic E-state index is 4.57. The van der Waals surface area contributed by atoms with E-state index in [1.807, 2.05) is 18.5 Å². The smallest absolute Gasteiger partial charge is 0.133 e. The van der Waals surface area contributed by atoms with Crippen molar-refractivity contribution in [1.82, 2.24) is 25.1 Å². The number of hydrogen-bond acceptors (Lipinski definition) is 5. The van der Waals surface area contributed by atoms with Crippen LogP contribution < -0.4 is 5.32 Å². The summed E-state index contributed by atoms with van der Waals surface area (Å²) in [5, 5.41) is 12.5. The minimum atomic E-state index is 0.281. The molecule has 0 saturated heterocycles. The number of hydrogen-bond donors (Lipinski definition) is 1. The van der Waals surface area contributed by atoms with Gasteiger partial charge in [-0.15, -0.1) is 21.5 Å². The number of nitrogens with zero attached hydrogens (tertiary/aromatic N) is 4. The van der Waals surface area contributed by atoms with Crippen LogP contribution in [0, 0.1) is 13.8 Å². The molecule has 0 aliphatic heterocycles. The molecule has 0 amide bonds. The van der Waals surface area contributed by atoms with Crippen LogP contribution in [0.5, 0.6) is 0 Å². The number of thiazole rings is 1. The maximum absolute atomic E-state index is 4.57. The zero-order valence-corrected chi connectivity index (χ0v) is 12.1. The Morgan fingerprint density at radius 2 is 2.22 bits per heavy atom. The van der Waals surface area contributed by atoms with Crippen molar-refractivity contribution in [2.24, 2.45) is 7.05 Å². The number of rotatable bonds is 5. The zero-order chi connectivity index (χ0) is 13.1. The van der Waals surface area contributed by atoms with Gasteiger partial charge in [0.15, 0.2) is 0 Å². The van der Waals surface area contributed by atoms with Crippen molar-refractivity contribution in [1.29, 1.82) is 0 Å². The molecule has 0 bridgehead atoms. The van der Waals surface area contributed by atoms with Crippen LogP contribution in [0.4, 0.5) is 0 Å². The third-order valence-corrected chi connectivity index (χ3v) is 3.86. The molecule has 0 radical (unpaired) electrons. The van der Waals surface area contributed by atoms with E-state index in [1.54, 1.807) is 17.7 Å². The molecule has 5 nitrogen and oxygen atoms in total. The van der Waals surface area contributed by atoms with Crippen LogP contribution in [0.3, 0.4) is 0 Å². The van der Waals surface area contributed by atoms with Gasteiger partial charge in [-0.05, 0) is 20.8 Å². The lowest BCUT2D eigenvalue weighted by atomic mass is 10.2. The highest BCUT2D eigenvalue weighted by atomic mass is 32.1. The third-order valence-electron chi connectivity index (χ3n) is 2.95. The monoisotopic (exact) mass is 265 g/mol. The molecule has 2 heterocycles. The first kappa shape index (κ1) is 13.2. The lowest BCUT2D eigenvalue weighted by Gasteiger charge is -2.12. The van der Waals surface area contributed by atoms with Crippen LogP contribution in [-0.2, 0) is 13.5 Å². The highest BCUT2D eigenvalue weighted by Crippen LogP contribution is 2.22. The summed E-state index contributed by atoms with van der Waals surface area (Å²) in [6, 6.07) is 0.281. The lowest BCUT2D eigenvalue weighted by molar-refractivity contribution is 0.553. The Bertz CT molecular complexity index is 516. The minimum absolute atomic E-state index is 0.281.